The topological polar surface area (TPSA) is 55.1 Å². The number of nitrogen functional groups attached to an aromatic ring is 1. The number of benzene rings is 1. The predicted octanol–water partition coefficient (Wildman–Crippen LogP) is 3.48. The number of anilines is 1. The summed E-state index contributed by atoms with van der Waals surface area (Å²) in [7, 11) is 0. The Hall–Kier alpha value is -1.85. The van der Waals surface area contributed by atoms with Gasteiger partial charge in [-0.25, -0.2) is 0 Å². The van der Waals surface area contributed by atoms with Crippen molar-refractivity contribution >= 4 is 43.7 Å². The Morgan fingerprint density at radius 1 is 1.16 bits per heavy atom. The molecule has 0 saturated carbocycles. The number of carbonyl (C=O) groups excluding carboxylic acids is 1. The molecule has 2 aromatic heterocycles. The van der Waals surface area contributed by atoms with Crippen molar-refractivity contribution in [2.45, 2.75) is 6.54 Å². The minimum Gasteiger partial charge on any atom is -0.399 e. The lowest BCUT2D eigenvalue weighted by Crippen LogP contribution is -2.21. The third-order valence-corrected chi connectivity index (χ3v) is 4.89. The van der Waals surface area contributed by atoms with Gasteiger partial charge in [-0.15, -0.1) is 22.7 Å². The van der Waals surface area contributed by atoms with Gasteiger partial charge in [0, 0.05) is 21.6 Å². The quantitative estimate of drug-likeness (QED) is 0.725. The van der Waals surface area contributed by atoms with E-state index in [0.29, 0.717) is 6.54 Å². The van der Waals surface area contributed by atoms with Gasteiger partial charge in [0.2, 0.25) is 0 Å². The fourth-order valence-corrected chi connectivity index (χ4v) is 3.81. The van der Waals surface area contributed by atoms with Crippen LogP contribution in [0.1, 0.15) is 15.2 Å². The maximum Gasteiger partial charge on any atom is 0.261 e. The smallest absolute Gasteiger partial charge is 0.261 e. The first-order valence-corrected chi connectivity index (χ1v) is 7.51. The van der Waals surface area contributed by atoms with Crippen LogP contribution in [0.4, 0.5) is 5.69 Å². The van der Waals surface area contributed by atoms with Gasteiger partial charge in [-0.05, 0) is 35.2 Å². The zero-order valence-corrected chi connectivity index (χ0v) is 11.7. The minimum atomic E-state index is -0.0229. The number of nitrogens with two attached hydrogens (primary N) is 1. The first kappa shape index (κ1) is 12.2. The number of hydrogen-bond acceptors (Lipinski definition) is 4. The first-order chi connectivity index (χ1) is 9.22. The van der Waals surface area contributed by atoms with Gasteiger partial charge in [0.05, 0.1) is 4.88 Å². The van der Waals surface area contributed by atoms with E-state index in [0.717, 1.165) is 16.1 Å². The van der Waals surface area contributed by atoms with Gasteiger partial charge in [0.25, 0.3) is 5.91 Å². The number of hydrogen-bond donors (Lipinski definition) is 2. The van der Waals surface area contributed by atoms with E-state index in [1.165, 1.54) is 20.7 Å². The van der Waals surface area contributed by atoms with Crippen molar-refractivity contribution in [2.75, 3.05) is 5.73 Å². The van der Waals surface area contributed by atoms with Gasteiger partial charge in [0.15, 0.2) is 0 Å². The second kappa shape index (κ2) is 5.03. The summed E-state index contributed by atoms with van der Waals surface area (Å²) in [6, 6.07) is 11.5. The molecule has 19 heavy (non-hydrogen) atoms. The Labute approximate surface area is 118 Å². The molecule has 3 rings (SSSR count). The van der Waals surface area contributed by atoms with Crippen molar-refractivity contribution in [1.82, 2.24) is 5.32 Å². The largest absolute Gasteiger partial charge is 0.399 e. The van der Waals surface area contributed by atoms with E-state index >= 15 is 0 Å². The molecule has 0 aliphatic rings. The second-order valence-corrected chi connectivity index (χ2v) is 6.22. The van der Waals surface area contributed by atoms with Crippen molar-refractivity contribution < 1.29 is 4.79 Å². The molecule has 96 valence electrons. The van der Waals surface area contributed by atoms with Crippen molar-refractivity contribution in [3.05, 3.63) is 52.2 Å². The van der Waals surface area contributed by atoms with Crippen LogP contribution in [0, 0.1) is 0 Å². The zero-order valence-electron chi connectivity index (χ0n) is 10.1. The molecule has 5 heteroatoms. The van der Waals surface area contributed by atoms with Crippen LogP contribution in [-0.2, 0) is 6.54 Å². The maximum atomic E-state index is 12.0. The average molecular weight is 288 g/mol. The van der Waals surface area contributed by atoms with Crippen LogP contribution in [0.15, 0.2) is 41.8 Å². The van der Waals surface area contributed by atoms with Gasteiger partial charge in [-0.1, -0.05) is 12.1 Å². The molecule has 0 aliphatic carbocycles. The molecule has 3 N–H and O–H groups in total. The standard InChI is InChI=1S/C14H12N2OS2/c15-10-3-1-9(2-4-10)8-16-14(17)13-7-12-11(19-13)5-6-18-12/h1-7H,8,15H2,(H,16,17). The summed E-state index contributed by atoms with van der Waals surface area (Å²) >= 11 is 3.19. The molecular weight excluding hydrogens is 276 g/mol. The summed E-state index contributed by atoms with van der Waals surface area (Å²) in [4.78, 5) is 12.8. The third-order valence-electron chi connectivity index (χ3n) is 2.80. The first-order valence-electron chi connectivity index (χ1n) is 5.82. The van der Waals surface area contributed by atoms with E-state index < -0.39 is 0 Å². The van der Waals surface area contributed by atoms with E-state index in [2.05, 4.69) is 5.32 Å². The van der Waals surface area contributed by atoms with Gasteiger partial charge >= 0.3 is 0 Å². The molecule has 0 radical (unpaired) electrons. The van der Waals surface area contributed by atoms with Crippen LogP contribution in [0.3, 0.4) is 0 Å². The van der Waals surface area contributed by atoms with E-state index in [9.17, 15) is 4.79 Å². The zero-order chi connectivity index (χ0) is 13.2. The molecule has 0 saturated heterocycles. The highest BCUT2D eigenvalue weighted by Crippen LogP contribution is 2.29. The van der Waals surface area contributed by atoms with Crippen molar-refractivity contribution in [1.29, 1.82) is 0 Å². The normalized spacial score (nSPS) is 10.7. The minimum absolute atomic E-state index is 0.0229. The Kier molecular flexibility index (Phi) is 3.23. The lowest BCUT2D eigenvalue weighted by Gasteiger charge is -2.04. The summed E-state index contributed by atoms with van der Waals surface area (Å²) in [5.41, 5.74) is 7.39. The molecule has 0 spiro atoms. The van der Waals surface area contributed by atoms with Gasteiger partial charge in [-0.3, -0.25) is 4.79 Å². The highest BCUT2D eigenvalue weighted by molar-refractivity contribution is 7.27. The third kappa shape index (κ3) is 2.62. The van der Waals surface area contributed by atoms with Gasteiger partial charge in [-0.2, -0.15) is 0 Å². The van der Waals surface area contributed by atoms with Crippen LogP contribution >= 0.6 is 22.7 Å². The number of amides is 1. The van der Waals surface area contributed by atoms with Gasteiger partial charge < -0.3 is 11.1 Å². The fourth-order valence-electron chi connectivity index (χ4n) is 1.78. The van der Waals surface area contributed by atoms with Crippen molar-refractivity contribution in [2.24, 2.45) is 0 Å². The number of thiophene rings is 2. The Balaban J connectivity index is 1.68. The molecule has 1 aromatic carbocycles. The van der Waals surface area contributed by atoms with Crippen LogP contribution in [0.2, 0.25) is 0 Å². The highest BCUT2D eigenvalue weighted by atomic mass is 32.1. The maximum absolute atomic E-state index is 12.0. The Morgan fingerprint density at radius 3 is 2.68 bits per heavy atom. The highest BCUT2D eigenvalue weighted by Gasteiger charge is 2.10. The molecule has 0 fully saturated rings. The van der Waals surface area contributed by atoms with E-state index in [1.807, 2.05) is 41.8 Å². The molecule has 0 bridgehead atoms. The van der Waals surface area contributed by atoms with Crippen LogP contribution in [0.25, 0.3) is 9.40 Å². The molecule has 3 nitrogen and oxygen atoms in total. The summed E-state index contributed by atoms with van der Waals surface area (Å²) in [5.74, 6) is -0.0229. The second-order valence-electron chi connectivity index (χ2n) is 4.18. The van der Waals surface area contributed by atoms with Crippen LogP contribution in [-0.4, -0.2) is 5.91 Å². The predicted molar refractivity (Wildman–Crippen MR) is 81.7 cm³/mol. The number of rotatable bonds is 3. The molecule has 2 heterocycles. The average Bonchev–Trinajstić information content (AvgIpc) is 2.98. The van der Waals surface area contributed by atoms with Crippen molar-refractivity contribution in [3.8, 4) is 0 Å². The number of fused-ring (bicyclic) bond motifs is 1. The van der Waals surface area contributed by atoms with Crippen molar-refractivity contribution in [3.63, 3.8) is 0 Å². The molecule has 3 aromatic rings. The van der Waals surface area contributed by atoms with Gasteiger partial charge in [0.1, 0.15) is 0 Å². The lowest BCUT2D eigenvalue weighted by molar-refractivity contribution is 0.0955. The molecule has 0 atom stereocenters. The lowest BCUT2D eigenvalue weighted by atomic mass is 10.2. The summed E-state index contributed by atoms with van der Waals surface area (Å²) in [6.07, 6.45) is 0. The Bertz CT molecular complexity index is 684. The van der Waals surface area contributed by atoms with E-state index in [4.69, 9.17) is 5.73 Å². The van der Waals surface area contributed by atoms with Crippen LogP contribution < -0.4 is 11.1 Å². The van der Waals surface area contributed by atoms with E-state index in [-0.39, 0.29) is 5.91 Å². The SMILES string of the molecule is Nc1ccc(CNC(=O)c2cc3sccc3s2)cc1. The summed E-state index contributed by atoms with van der Waals surface area (Å²) in [5, 5.41) is 4.96. The Morgan fingerprint density at radius 2 is 1.95 bits per heavy atom. The van der Waals surface area contributed by atoms with Crippen LogP contribution in [0.5, 0.6) is 0 Å². The van der Waals surface area contributed by atoms with E-state index in [1.54, 1.807) is 11.3 Å². The molecule has 0 aliphatic heterocycles. The monoisotopic (exact) mass is 288 g/mol. The summed E-state index contributed by atoms with van der Waals surface area (Å²) in [6.45, 7) is 0.519. The molecule has 1 amide bonds. The fraction of sp³-hybridized carbons (Fsp3) is 0.0714. The summed E-state index contributed by atoms with van der Waals surface area (Å²) < 4.78 is 2.34. The number of carbonyl (C=O) groups is 1. The molecule has 0 unspecified atom stereocenters. The number of nitrogens with one attached hydrogen (secondary N) is 1. The molecular formula is C14H12N2OS2.